The highest BCUT2D eigenvalue weighted by molar-refractivity contribution is 5.81. The summed E-state index contributed by atoms with van der Waals surface area (Å²) in [4.78, 5) is 2.40. The van der Waals surface area contributed by atoms with Gasteiger partial charge in [0.05, 0.1) is 6.54 Å². The number of nitrogens with one attached hydrogen (secondary N) is 1. The molecule has 1 aromatic carbocycles. The van der Waals surface area contributed by atoms with Gasteiger partial charge in [0.2, 0.25) is 0 Å². The summed E-state index contributed by atoms with van der Waals surface area (Å²) in [6.07, 6.45) is 0. The molecule has 2 heterocycles. The number of nitrogens with zero attached hydrogens (tertiary/aromatic N) is 1. The molecule has 0 atom stereocenters. The van der Waals surface area contributed by atoms with E-state index < -0.39 is 0 Å². The van der Waals surface area contributed by atoms with Gasteiger partial charge in [-0.1, -0.05) is 0 Å². The SMILES string of the molecule is Nc1ccc2cc(CN3CCNCC3)oc2c1. The quantitative estimate of drug-likeness (QED) is 0.768. The molecule has 0 aliphatic carbocycles. The Morgan fingerprint density at radius 1 is 1.24 bits per heavy atom. The summed E-state index contributed by atoms with van der Waals surface area (Å²) in [7, 11) is 0. The third kappa shape index (κ3) is 2.28. The van der Waals surface area contributed by atoms with Crippen molar-refractivity contribution in [3.8, 4) is 0 Å². The van der Waals surface area contributed by atoms with Crippen LogP contribution >= 0.6 is 0 Å². The van der Waals surface area contributed by atoms with Crippen molar-refractivity contribution in [1.82, 2.24) is 10.2 Å². The van der Waals surface area contributed by atoms with Crippen molar-refractivity contribution in [2.45, 2.75) is 6.54 Å². The van der Waals surface area contributed by atoms with Crippen LogP contribution in [-0.2, 0) is 6.54 Å². The minimum absolute atomic E-state index is 0.751. The van der Waals surface area contributed by atoms with Crippen LogP contribution in [0.5, 0.6) is 0 Å². The highest BCUT2D eigenvalue weighted by Crippen LogP contribution is 2.22. The Morgan fingerprint density at radius 2 is 2.06 bits per heavy atom. The van der Waals surface area contributed by atoms with Crippen LogP contribution in [0.2, 0.25) is 0 Å². The van der Waals surface area contributed by atoms with E-state index in [1.54, 1.807) is 0 Å². The number of hydrogen-bond acceptors (Lipinski definition) is 4. The molecule has 90 valence electrons. The van der Waals surface area contributed by atoms with Crippen LogP contribution in [0.25, 0.3) is 11.0 Å². The molecule has 4 nitrogen and oxygen atoms in total. The molecular formula is C13H17N3O. The summed E-state index contributed by atoms with van der Waals surface area (Å²) in [5, 5.41) is 4.47. The molecule has 2 aromatic rings. The Balaban J connectivity index is 1.80. The van der Waals surface area contributed by atoms with Gasteiger partial charge in [-0.05, 0) is 18.2 Å². The van der Waals surface area contributed by atoms with E-state index in [2.05, 4.69) is 16.3 Å². The lowest BCUT2D eigenvalue weighted by Gasteiger charge is -2.26. The number of benzene rings is 1. The fourth-order valence-electron chi connectivity index (χ4n) is 2.27. The first-order valence-corrected chi connectivity index (χ1v) is 6.02. The molecule has 0 unspecified atom stereocenters. The van der Waals surface area contributed by atoms with Gasteiger partial charge in [-0.15, -0.1) is 0 Å². The Bertz CT molecular complexity index is 514. The highest BCUT2D eigenvalue weighted by atomic mass is 16.3. The van der Waals surface area contributed by atoms with Gasteiger partial charge in [0.25, 0.3) is 0 Å². The second-order valence-corrected chi connectivity index (χ2v) is 4.54. The first-order valence-electron chi connectivity index (χ1n) is 6.02. The van der Waals surface area contributed by atoms with Crippen molar-refractivity contribution in [2.24, 2.45) is 0 Å². The zero-order valence-corrected chi connectivity index (χ0v) is 9.78. The molecule has 1 saturated heterocycles. The van der Waals surface area contributed by atoms with E-state index in [4.69, 9.17) is 10.2 Å². The minimum Gasteiger partial charge on any atom is -0.460 e. The third-order valence-corrected chi connectivity index (χ3v) is 3.18. The normalized spacial score (nSPS) is 17.6. The molecule has 4 heteroatoms. The van der Waals surface area contributed by atoms with E-state index in [1.807, 2.05) is 18.2 Å². The second kappa shape index (κ2) is 4.39. The van der Waals surface area contributed by atoms with Crippen molar-refractivity contribution in [1.29, 1.82) is 0 Å². The van der Waals surface area contributed by atoms with Gasteiger partial charge in [-0.2, -0.15) is 0 Å². The zero-order valence-electron chi connectivity index (χ0n) is 9.78. The monoisotopic (exact) mass is 231 g/mol. The predicted octanol–water partition coefficient (Wildman–Crippen LogP) is 1.42. The van der Waals surface area contributed by atoms with E-state index in [9.17, 15) is 0 Å². The minimum atomic E-state index is 0.751. The van der Waals surface area contributed by atoms with E-state index >= 15 is 0 Å². The summed E-state index contributed by atoms with van der Waals surface area (Å²) < 4.78 is 5.81. The molecule has 0 radical (unpaired) electrons. The molecule has 0 spiro atoms. The standard InChI is InChI=1S/C13H17N3O/c14-11-2-1-10-7-12(17-13(10)8-11)9-16-5-3-15-4-6-16/h1-2,7-8,15H,3-6,9,14H2. The first-order chi connectivity index (χ1) is 8.31. The highest BCUT2D eigenvalue weighted by Gasteiger charge is 2.12. The molecule has 0 bridgehead atoms. The maximum atomic E-state index is 5.81. The van der Waals surface area contributed by atoms with Gasteiger partial charge in [0.15, 0.2) is 0 Å². The number of hydrogen-bond donors (Lipinski definition) is 2. The van der Waals surface area contributed by atoms with Crippen molar-refractivity contribution in [3.05, 3.63) is 30.0 Å². The van der Waals surface area contributed by atoms with Crippen LogP contribution in [0.3, 0.4) is 0 Å². The summed E-state index contributed by atoms with van der Waals surface area (Å²) in [5.74, 6) is 1.02. The first kappa shape index (κ1) is 10.6. The van der Waals surface area contributed by atoms with E-state index in [-0.39, 0.29) is 0 Å². The maximum Gasteiger partial charge on any atom is 0.136 e. The van der Waals surface area contributed by atoms with Crippen LogP contribution in [0.15, 0.2) is 28.7 Å². The summed E-state index contributed by atoms with van der Waals surface area (Å²) in [6.45, 7) is 5.18. The van der Waals surface area contributed by atoms with E-state index in [0.29, 0.717) is 0 Å². The number of rotatable bonds is 2. The average molecular weight is 231 g/mol. The summed E-state index contributed by atoms with van der Waals surface area (Å²) in [5.41, 5.74) is 7.37. The van der Waals surface area contributed by atoms with Gasteiger partial charge in [0, 0.05) is 43.3 Å². The Labute approximate surface area is 100 Å². The maximum absolute atomic E-state index is 5.81. The average Bonchev–Trinajstić information content (AvgIpc) is 2.71. The summed E-state index contributed by atoms with van der Waals surface area (Å²) in [6, 6.07) is 7.91. The van der Waals surface area contributed by atoms with Crippen molar-refractivity contribution >= 4 is 16.7 Å². The number of nitrogens with two attached hydrogens (primary N) is 1. The molecule has 3 N–H and O–H groups in total. The van der Waals surface area contributed by atoms with Gasteiger partial charge in [0.1, 0.15) is 11.3 Å². The van der Waals surface area contributed by atoms with Gasteiger partial charge in [-0.3, -0.25) is 4.90 Å². The predicted molar refractivity (Wildman–Crippen MR) is 68.8 cm³/mol. The number of furan rings is 1. The van der Waals surface area contributed by atoms with E-state index in [1.165, 1.54) is 0 Å². The Hall–Kier alpha value is -1.52. The largest absolute Gasteiger partial charge is 0.460 e. The molecule has 1 aliphatic rings. The molecule has 1 fully saturated rings. The zero-order chi connectivity index (χ0) is 11.7. The smallest absolute Gasteiger partial charge is 0.136 e. The third-order valence-electron chi connectivity index (χ3n) is 3.18. The molecule has 0 saturated carbocycles. The Morgan fingerprint density at radius 3 is 2.88 bits per heavy atom. The molecule has 0 amide bonds. The molecule has 17 heavy (non-hydrogen) atoms. The lowest BCUT2D eigenvalue weighted by atomic mass is 10.2. The van der Waals surface area contributed by atoms with Crippen LogP contribution in [0, 0.1) is 0 Å². The Kier molecular flexibility index (Phi) is 2.74. The number of nitrogen functional groups attached to an aromatic ring is 1. The lowest BCUT2D eigenvalue weighted by Crippen LogP contribution is -2.42. The van der Waals surface area contributed by atoms with Gasteiger partial charge < -0.3 is 15.5 Å². The van der Waals surface area contributed by atoms with Crippen molar-refractivity contribution in [2.75, 3.05) is 31.9 Å². The number of fused-ring (bicyclic) bond motifs is 1. The van der Waals surface area contributed by atoms with Crippen LogP contribution in [0.4, 0.5) is 5.69 Å². The van der Waals surface area contributed by atoms with Gasteiger partial charge in [-0.25, -0.2) is 0 Å². The summed E-state index contributed by atoms with van der Waals surface area (Å²) >= 11 is 0. The van der Waals surface area contributed by atoms with Gasteiger partial charge >= 0.3 is 0 Å². The fraction of sp³-hybridized carbons (Fsp3) is 0.385. The van der Waals surface area contributed by atoms with Crippen LogP contribution in [0.1, 0.15) is 5.76 Å². The van der Waals surface area contributed by atoms with Crippen molar-refractivity contribution < 1.29 is 4.42 Å². The second-order valence-electron chi connectivity index (χ2n) is 4.54. The van der Waals surface area contributed by atoms with E-state index in [0.717, 1.165) is 55.1 Å². The van der Waals surface area contributed by atoms with Crippen LogP contribution in [-0.4, -0.2) is 31.1 Å². The molecular weight excluding hydrogens is 214 g/mol. The van der Waals surface area contributed by atoms with Crippen LogP contribution < -0.4 is 11.1 Å². The molecule has 3 rings (SSSR count). The number of anilines is 1. The lowest BCUT2D eigenvalue weighted by molar-refractivity contribution is 0.218. The molecule has 1 aromatic heterocycles. The van der Waals surface area contributed by atoms with Crippen molar-refractivity contribution in [3.63, 3.8) is 0 Å². The number of piperazine rings is 1. The fourth-order valence-corrected chi connectivity index (χ4v) is 2.27. The molecule has 1 aliphatic heterocycles. The topological polar surface area (TPSA) is 54.4 Å².